The highest BCUT2D eigenvalue weighted by atomic mass is 79.9. The molecule has 0 unspecified atom stereocenters. The zero-order valence-corrected chi connectivity index (χ0v) is 21.2. The zero-order chi connectivity index (χ0) is 24.1. The van der Waals surface area contributed by atoms with Gasteiger partial charge < -0.3 is 13.9 Å². The molecule has 174 valence electrons. The van der Waals surface area contributed by atoms with Crippen LogP contribution in [0.25, 0.3) is 11.0 Å². The van der Waals surface area contributed by atoms with Crippen LogP contribution in [0.1, 0.15) is 28.6 Å². The summed E-state index contributed by atoms with van der Waals surface area (Å²) in [7, 11) is 0. The minimum absolute atomic E-state index is 0.153. The van der Waals surface area contributed by atoms with Gasteiger partial charge in [0.1, 0.15) is 18.0 Å². The fourth-order valence-corrected chi connectivity index (χ4v) is 3.96. The molecule has 0 aliphatic rings. The van der Waals surface area contributed by atoms with Crippen molar-refractivity contribution in [3.63, 3.8) is 0 Å². The number of hydrogen-bond acceptors (Lipinski definition) is 5. The quantitative estimate of drug-likeness (QED) is 0.180. The smallest absolute Gasteiger partial charge is 0.307 e. The van der Waals surface area contributed by atoms with Crippen molar-refractivity contribution in [1.82, 2.24) is 5.43 Å². The van der Waals surface area contributed by atoms with Gasteiger partial charge in [-0.1, -0.05) is 28.1 Å². The molecule has 3 aromatic carbocycles. The zero-order valence-electron chi connectivity index (χ0n) is 18.0. The van der Waals surface area contributed by atoms with Gasteiger partial charge >= 0.3 is 5.91 Å². The molecule has 9 heteroatoms. The van der Waals surface area contributed by atoms with E-state index in [1.807, 2.05) is 19.1 Å². The van der Waals surface area contributed by atoms with Crippen molar-refractivity contribution >= 4 is 55.0 Å². The summed E-state index contributed by atoms with van der Waals surface area (Å²) < 4.78 is 32.1. The van der Waals surface area contributed by atoms with E-state index in [2.05, 4.69) is 42.4 Å². The third-order valence-electron chi connectivity index (χ3n) is 4.72. The summed E-state index contributed by atoms with van der Waals surface area (Å²) in [4.78, 5) is 12.4. The van der Waals surface area contributed by atoms with Gasteiger partial charge in [0, 0.05) is 19.9 Å². The monoisotopic (exact) mass is 588 g/mol. The van der Waals surface area contributed by atoms with Crippen LogP contribution in [0.15, 0.2) is 79.1 Å². The Balaban J connectivity index is 1.47. The van der Waals surface area contributed by atoms with Gasteiger partial charge in [-0.25, -0.2) is 9.82 Å². The fourth-order valence-electron chi connectivity index (χ4n) is 3.16. The summed E-state index contributed by atoms with van der Waals surface area (Å²) in [6.45, 7) is 2.47. The maximum absolute atomic E-state index is 13.4. The SMILES string of the molecule is CCOc1cc(/C=N/NC(=O)c2cc3cc(Br)ccc3o2)c(Br)cc1OCc1cccc(F)c1. The van der Waals surface area contributed by atoms with E-state index in [-0.39, 0.29) is 18.2 Å². The van der Waals surface area contributed by atoms with Crippen molar-refractivity contribution < 1.29 is 23.1 Å². The van der Waals surface area contributed by atoms with Gasteiger partial charge in [0.15, 0.2) is 17.3 Å². The minimum Gasteiger partial charge on any atom is -0.490 e. The lowest BCUT2D eigenvalue weighted by Crippen LogP contribution is -2.16. The van der Waals surface area contributed by atoms with Crippen molar-refractivity contribution in [3.05, 3.63) is 92.3 Å². The number of carbonyl (C=O) groups is 1. The molecule has 0 saturated carbocycles. The lowest BCUT2D eigenvalue weighted by molar-refractivity contribution is 0.0929. The second-order valence-corrected chi connectivity index (χ2v) is 8.93. The third kappa shape index (κ3) is 5.84. The molecule has 4 aromatic rings. The van der Waals surface area contributed by atoms with Gasteiger partial charge in [0.25, 0.3) is 0 Å². The number of fused-ring (bicyclic) bond motifs is 1. The van der Waals surface area contributed by atoms with Gasteiger partial charge in [-0.3, -0.25) is 4.79 Å². The molecule has 0 spiro atoms. The molecule has 0 saturated heterocycles. The Morgan fingerprint density at radius 2 is 1.91 bits per heavy atom. The highest BCUT2D eigenvalue weighted by molar-refractivity contribution is 9.10. The fraction of sp³-hybridized carbons (Fsp3) is 0.120. The maximum Gasteiger partial charge on any atom is 0.307 e. The molecular formula is C25H19Br2FN2O4. The topological polar surface area (TPSA) is 73.1 Å². The molecule has 1 aromatic heterocycles. The Labute approximate surface area is 212 Å². The first-order chi connectivity index (χ1) is 16.4. The lowest BCUT2D eigenvalue weighted by Gasteiger charge is -2.14. The first kappa shape index (κ1) is 24.0. The van der Waals surface area contributed by atoms with Crippen LogP contribution in [0.4, 0.5) is 4.39 Å². The van der Waals surface area contributed by atoms with Crippen molar-refractivity contribution in [3.8, 4) is 11.5 Å². The van der Waals surface area contributed by atoms with E-state index in [1.54, 1.807) is 36.4 Å². The highest BCUT2D eigenvalue weighted by Crippen LogP contribution is 2.34. The van der Waals surface area contributed by atoms with E-state index in [0.29, 0.717) is 39.3 Å². The van der Waals surface area contributed by atoms with Crippen LogP contribution >= 0.6 is 31.9 Å². The molecule has 1 amide bonds. The maximum atomic E-state index is 13.4. The molecule has 4 rings (SSSR count). The molecule has 1 N–H and O–H groups in total. The summed E-state index contributed by atoms with van der Waals surface area (Å²) in [6.07, 6.45) is 1.49. The first-order valence-corrected chi connectivity index (χ1v) is 11.9. The van der Waals surface area contributed by atoms with Crippen LogP contribution in [0, 0.1) is 5.82 Å². The first-order valence-electron chi connectivity index (χ1n) is 10.3. The van der Waals surface area contributed by atoms with Crippen molar-refractivity contribution in [2.45, 2.75) is 13.5 Å². The lowest BCUT2D eigenvalue weighted by atomic mass is 10.2. The highest BCUT2D eigenvalue weighted by Gasteiger charge is 2.13. The van der Waals surface area contributed by atoms with E-state index in [9.17, 15) is 9.18 Å². The normalized spacial score (nSPS) is 11.2. The van der Waals surface area contributed by atoms with Gasteiger partial charge in [-0.15, -0.1) is 0 Å². The number of halogens is 3. The number of nitrogens with zero attached hydrogens (tertiary/aromatic N) is 1. The number of benzene rings is 3. The number of ether oxygens (including phenoxy) is 2. The molecule has 0 aliphatic heterocycles. The van der Waals surface area contributed by atoms with Crippen LogP contribution in [-0.4, -0.2) is 18.7 Å². The second kappa shape index (κ2) is 10.8. The van der Waals surface area contributed by atoms with E-state index < -0.39 is 5.91 Å². The van der Waals surface area contributed by atoms with E-state index >= 15 is 0 Å². The van der Waals surface area contributed by atoms with Gasteiger partial charge in [0.05, 0.1) is 12.8 Å². The van der Waals surface area contributed by atoms with Crippen LogP contribution in [0.3, 0.4) is 0 Å². The molecule has 0 radical (unpaired) electrons. The third-order valence-corrected chi connectivity index (χ3v) is 5.90. The average molecular weight is 590 g/mol. The predicted molar refractivity (Wildman–Crippen MR) is 135 cm³/mol. The number of nitrogens with one attached hydrogen (secondary N) is 1. The minimum atomic E-state index is -0.472. The standard InChI is InChI=1S/C25H19Br2FN2O4/c1-2-32-22-11-17(20(27)12-23(22)33-14-15-4-3-5-19(28)8-15)13-29-30-25(31)24-10-16-9-18(26)6-7-21(16)34-24/h3-13H,2,14H2,1H3,(H,30,31)/b29-13+. The van der Waals surface area contributed by atoms with Gasteiger partial charge in [-0.05, 0) is 76.9 Å². The Morgan fingerprint density at radius 1 is 1.09 bits per heavy atom. The molecule has 0 bridgehead atoms. The number of hydrazone groups is 1. The Bertz CT molecular complexity index is 1370. The molecule has 6 nitrogen and oxygen atoms in total. The number of amides is 1. The summed E-state index contributed by atoms with van der Waals surface area (Å²) in [5, 5.41) is 4.85. The number of carbonyl (C=O) groups excluding carboxylic acids is 1. The van der Waals surface area contributed by atoms with Crippen LogP contribution in [-0.2, 0) is 6.61 Å². The summed E-state index contributed by atoms with van der Waals surface area (Å²) in [6, 6.07) is 16.8. The molecule has 34 heavy (non-hydrogen) atoms. The summed E-state index contributed by atoms with van der Waals surface area (Å²) >= 11 is 6.89. The Morgan fingerprint density at radius 3 is 2.71 bits per heavy atom. The van der Waals surface area contributed by atoms with Crippen molar-refractivity contribution in [1.29, 1.82) is 0 Å². The van der Waals surface area contributed by atoms with Gasteiger partial charge in [0.2, 0.25) is 0 Å². The van der Waals surface area contributed by atoms with E-state index in [1.165, 1.54) is 18.3 Å². The number of hydrogen-bond donors (Lipinski definition) is 1. The van der Waals surface area contributed by atoms with Crippen LogP contribution in [0.5, 0.6) is 11.5 Å². The summed E-state index contributed by atoms with van der Waals surface area (Å²) in [5.74, 6) is 0.349. The van der Waals surface area contributed by atoms with Crippen molar-refractivity contribution in [2.75, 3.05) is 6.61 Å². The average Bonchev–Trinajstić information content (AvgIpc) is 3.23. The molecule has 0 fully saturated rings. The predicted octanol–water partition coefficient (Wildman–Crippen LogP) is 6.84. The van der Waals surface area contributed by atoms with Crippen molar-refractivity contribution in [2.24, 2.45) is 5.10 Å². The number of rotatable bonds is 8. The Hall–Kier alpha value is -3.17. The molecule has 1 heterocycles. The second-order valence-electron chi connectivity index (χ2n) is 7.16. The van der Waals surface area contributed by atoms with Crippen LogP contribution in [0.2, 0.25) is 0 Å². The van der Waals surface area contributed by atoms with Gasteiger partial charge in [-0.2, -0.15) is 5.10 Å². The number of furan rings is 1. The molecule has 0 aliphatic carbocycles. The van der Waals surface area contributed by atoms with Crippen LogP contribution < -0.4 is 14.9 Å². The largest absolute Gasteiger partial charge is 0.490 e. The molecule has 0 atom stereocenters. The summed E-state index contributed by atoms with van der Waals surface area (Å²) in [5.41, 5.74) is 4.43. The Kier molecular flexibility index (Phi) is 7.64. The van der Waals surface area contributed by atoms with E-state index in [0.717, 1.165) is 9.86 Å². The van der Waals surface area contributed by atoms with E-state index in [4.69, 9.17) is 13.9 Å². The molecular weight excluding hydrogens is 571 g/mol.